The van der Waals surface area contributed by atoms with E-state index in [0.29, 0.717) is 13.1 Å². The second-order valence-electron chi connectivity index (χ2n) is 3.66. The van der Waals surface area contributed by atoms with Gasteiger partial charge in [0.15, 0.2) is 5.69 Å². The number of benzene rings is 1. The molecule has 0 N–H and O–H groups in total. The number of hydrogen-bond donors (Lipinski definition) is 0. The quantitative estimate of drug-likeness (QED) is 0.595. The fourth-order valence-corrected chi connectivity index (χ4v) is 1.81. The van der Waals surface area contributed by atoms with Crippen molar-refractivity contribution in [3.05, 3.63) is 37.9 Å². The van der Waals surface area contributed by atoms with Crippen molar-refractivity contribution in [1.82, 2.24) is 0 Å². The van der Waals surface area contributed by atoms with Gasteiger partial charge in [-0.15, -0.1) is 0 Å². The number of nitrogens with zero attached hydrogens (tertiary/aromatic N) is 4. The minimum absolute atomic E-state index is 0.0565. The molecule has 0 aliphatic heterocycles. The molecule has 19 heavy (non-hydrogen) atoms. The van der Waals surface area contributed by atoms with E-state index >= 15 is 0 Å². The molecule has 0 aromatic heterocycles. The lowest BCUT2D eigenvalue weighted by atomic mass is 10.1. The molecule has 0 fully saturated rings. The molecule has 1 aromatic rings. The van der Waals surface area contributed by atoms with E-state index in [1.165, 1.54) is 4.90 Å². The standard InChI is InChI=1S/C11H12N4O4/c1-3-13(4-2)11-9(14(16)17)5-8(7-12)6-10(11)15(18)19/h5-6H,3-4H2,1-2H3. The number of nitro benzene ring substituents is 2. The maximum Gasteiger partial charge on any atom is 0.300 e. The third kappa shape index (κ3) is 2.77. The molecule has 0 saturated carbocycles. The van der Waals surface area contributed by atoms with Crippen molar-refractivity contribution in [2.24, 2.45) is 0 Å². The summed E-state index contributed by atoms with van der Waals surface area (Å²) in [5, 5.41) is 30.9. The molecule has 1 rings (SSSR count). The van der Waals surface area contributed by atoms with Crippen LogP contribution in [0.5, 0.6) is 0 Å². The topological polar surface area (TPSA) is 113 Å². The molecule has 0 saturated heterocycles. The minimum atomic E-state index is -0.707. The second-order valence-corrected chi connectivity index (χ2v) is 3.66. The van der Waals surface area contributed by atoms with Crippen molar-refractivity contribution in [2.45, 2.75) is 13.8 Å². The fourth-order valence-electron chi connectivity index (χ4n) is 1.81. The molecule has 0 atom stereocenters. The summed E-state index contributed by atoms with van der Waals surface area (Å²) in [5.74, 6) is 0. The lowest BCUT2D eigenvalue weighted by Gasteiger charge is -2.20. The maximum atomic E-state index is 11.0. The van der Waals surface area contributed by atoms with E-state index in [2.05, 4.69) is 0 Å². The van der Waals surface area contributed by atoms with Crippen LogP contribution in [0.15, 0.2) is 12.1 Å². The van der Waals surface area contributed by atoms with Crippen molar-refractivity contribution >= 4 is 17.1 Å². The van der Waals surface area contributed by atoms with Gasteiger partial charge in [0.1, 0.15) is 0 Å². The molecular formula is C11H12N4O4. The summed E-state index contributed by atoms with van der Waals surface area (Å²) in [5.41, 5.74) is -1.00. The molecule has 0 unspecified atom stereocenters. The molecule has 0 aliphatic rings. The third-order valence-corrected chi connectivity index (χ3v) is 2.67. The predicted molar refractivity (Wildman–Crippen MR) is 68.0 cm³/mol. The normalized spacial score (nSPS) is 9.74. The molecule has 0 amide bonds. The molecule has 1 aromatic carbocycles. The molecular weight excluding hydrogens is 252 g/mol. The third-order valence-electron chi connectivity index (χ3n) is 2.67. The largest absolute Gasteiger partial charge is 0.361 e. The van der Waals surface area contributed by atoms with Crippen LogP contribution in [0, 0.1) is 31.6 Å². The first-order valence-corrected chi connectivity index (χ1v) is 5.58. The number of nitro groups is 2. The summed E-state index contributed by atoms with van der Waals surface area (Å²) in [6, 6.07) is 3.80. The minimum Gasteiger partial charge on any atom is -0.361 e. The zero-order chi connectivity index (χ0) is 14.6. The Morgan fingerprint density at radius 2 is 1.58 bits per heavy atom. The Morgan fingerprint density at radius 1 is 1.16 bits per heavy atom. The van der Waals surface area contributed by atoms with Crippen LogP contribution in [0.3, 0.4) is 0 Å². The van der Waals surface area contributed by atoms with E-state index in [9.17, 15) is 20.2 Å². The first-order valence-electron chi connectivity index (χ1n) is 5.58. The van der Waals surface area contributed by atoms with Gasteiger partial charge in [0.25, 0.3) is 0 Å². The van der Waals surface area contributed by atoms with Crippen LogP contribution in [0.4, 0.5) is 17.1 Å². The van der Waals surface area contributed by atoms with Crippen molar-refractivity contribution in [1.29, 1.82) is 5.26 Å². The molecule has 8 nitrogen and oxygen atoms in total. The predicted octanol–water partition coefficient (Wildman–Crippen LogP) is 2.22. The van der Waals surface area contributed by atoms with Gasteiger partial charge >= 0.3 is 11.4 Å². The lowest BCUT2D eigenvalue weighted by molar-refractivity contribution is -0.392. The van der Waals surface area contributed by atoms with Gasteiger partial charge in [-0.3, -0.25) is 20.2 Å². The van der Waals surface area contributed by atoms with E-state index in [4.69, 9.17) is 5.26 Å². The van der Waals surface area contributed by atoms with Crippen molar-refractivity contribution in [2.75, 3.05) is 18.0 Å². The molecule has 0 heterocycles. The average Bonchev–Trinajstić information content (AvgIpc) is 2.39. The van der Waals surface area contributed by atoms with Gasteiger partial charge in [0.05, 0.1) is 21.5 Å². The van der Waals surface area contributed by atoms with Crippen LogP contribution in [-0.4, -0.2) is 22.9 Å². The molecule has 0 spiro atoms. The highest BCUT2D eigenvalue weighted by Gasteiger charge is 2.29. The van der Waals surface area contributed by atoms with E-state index in [-0.39, 0.29) is 11.3 Å². The molecule has 100 valence electrons. The van der Waals surface area contributed by atoms with Crippen molar-refractivity contribution in [3.8, 4) is 6.07 Å². The highest BCUT2D eigenvalue weighted by molar-refractivity contribution is 5.77. The summed E-state index contributed by atoms with van der Waals surface area (Å²) < 4.78 is 0. The summed E-state index contributed by atoms with van der Waals surface area (Å²) >= 11 is 0. The number of nitriles is 1. The number of rotatable bonds is 5. The van der Waals surface area contributed by atoms with Gasteiger partial charge < -0.3 is 4.90 Å². The van der Waals surface area contributed by atoms with Crippen LogP contribution >= 0.6 is 0 Å². The summed E-state index contributed by atoms with van der Waals surface area (Å²) in [4.78, 5) is 22.2. The molecule has 0 bridgehead atoms. The summed E-state index contributed by atoms with van der Waals surface area (Å²) in [7, 11) is 0. The van der Waals surface area contributed by atoms with E-state index in [1.807, 2.05) is 0 Å². The van der Waals surface area contributed by atoms with Gasteiger partial charge in [-0.2, -0.15) is 5.26 Å². The van der Waals surface area contributed by atoms with Gasteiger partial charge in [-0.1, -0.05) is 0 Å². The number of anilines is 1. The van der Waals surface area contributed by atoms with E-state index in [1.54, 1.807) is 19.9 Å². The molecule has 0 radical (unpaired) electrons. The van der Waals surface area contributed by atoms with Crippen molar-refractivity contribution < 1.29 is 9.85 Å². The highest BCUT2D eigenvalue weighted by atomic mass is 16.6. The SMILES string of the molecule is CCN(CC)c1c([N+](=O)[O-])cc(C#N)cc1[N+](=O)[O-]. The van der Waals surface area contributed by atoms with Crippen LogP contribution in [0.1, 0.15) is 19.4 Å². The Kier molecular flexibility index (Phi) is 4.36. The van der Waals surface area contributed by atoms with Crippen LogP contribution in [0.2, 0.25) is 0 Å². The van der Waals surface area contributed by atoms with E-state index in [0.717, 1.165) is 12.1 Å². The van der Waals surface area contributed by atoms with Gasteiger partial charge in [-0.25, -0.2) is 0 Å². The Labute approximate surface area is 109 Å². The highest BCUT2D eigenvalue weighted by Crippen LogP contribution is 2.38. The molecule has 8 heteroatoms. The Bertz CT molecular complexity index is 525. The first-order chi connectivity index (χ1) is 8.96. The molecule has 0 aliphatic carbocycles. The first kappa shape index (κ1) is 14.4. The van der Waals surface area contributed by atoms with Gasteiger partial charge in [0, 0.05) is 25.2 Å². The smallest absolute Gasteiger partial charge is 0.300 e. The van der Waals surface area contributed by atoms with Gasteiger partial charge in [-0.05, 0) is 13.8 Å². The fraction of sp³-hybridized carbons (Fsp3) is 0.364. The van der Waals surface area contributed by atoms with Gasteiger partial charge in [0.2, 0.25) is 0 Å². The maximum absolute atomic E-state index is 11.0. The zero-order valence-electron chi connectivity index (χ0n) is 10.5. The van der Waals surface area contributed by atoms with Crippen LogP contribution < -0.4 is 4.90 Å². The van der Waals surface area contributed by atoms with E-state index < -0.39 is 21.2 Å². The zero-order valence-corrected chi connectivity index (χ0v) is 10.5. The van der Waals surface area contributed by atoms with Crippen LogP contribution in [0.25, 0.3) is 0 Å². The Hall–Kier alpha value is -2.69. The number of hydrogen-bond acceptors (Lipinski definition) is 6. The van der Waals surface area contributed by atoms with Crippen LogP contribution in [-0.2, 0) is 0 Å². The lowest BCUT2D eigenvalue weighted by Crippen LogP contribution is -2.24. The average molecular weight is 264 g/mol. The monoisotopic (exact) mass is 264 g/mol. The Balaban J connectivity index is 3.68. The van der Waals surface area contributed by atoms with Crippen molar-refractivity contribution in [3.63, 3.8) is 0 Å². The second kappa shape index (κ2) is 5.77. The summed E-state index contributed by atoms with van der Waals surface area (Å²) in [6.07, 6.45) is 0. The summed E-state index contributed by atoms with van der Waals surface area (Å²) in [6.45, 7) is 4.28. The Morgan fingerprint density at radius 3 is 1.84 bits per heavy atom.